The minimum absolute atomic E-state index is 0.159. The Balaban J connectivity index is 2.23. The number of para-hydroxylation sites is 1. The molecule has 17 heavy (non-hydrogen) atoms. The van der Waals surface area contributed by atoms with Gasteiger partial charge in [-0.05, 0) is 23.6 Å². The van der Waals surface area contributed by atoms with Crippen LogP contribution in [0.5, 0.6) is 0 Å². The third-order valence-electron chi connectivity index (χ3n) is 2.65. The smallest absolute Gasteiger partial charge is 0.273 e. The summed E-state index contributed by atoms with van der Waals surface area (Å²) < 4.78 is 0. The monoisotopic (exact) mass is 225 g/mol. The van der Waals surface area contributed by atoms with Crippen molar-refractivity contribution in [1.82, 2.24) is 15.0 Å². The maximum absolute atomic E-state index is 11.5. The Kier molecular flexibility index (Phi) is 2.01. The Bertz CT molecular complexity index is 802. The summed E-state index contributed by atoms with van der Waals surface area (Å²) in [4.78, 5) is 20.2. The molecule has 0 amide bonds. The molecule has 0 spiro atoms. The van der Waals surface area contributed by atoms with Crippen LogP contribution in [0.15, 0.2) is 35.1 Å². The molecule has 4 heteroatoms. The topological polar surface area (TPSA) is 64.4 Å². The predicted molar refractivity (Wildman–Crippen MR) is 68.1 cm³/mol. The van der Waals surface area contributed by atoms with E-state index in [0.29, 0.717) is 10.8 Å². The van der Waals surface area contributed by atoms with Gasteiger partial charge in [0.15, 0.2) is 0 Å². The van der Waals surface area contributed by atoms with E-state index in [9.17, 15) is 4.79 Å². The van der Waals surface area contributed by atoms with E-state index in [4.69, 9.17) is 0 Å². The first-order chi connectivity index (χ1) is 8.22. The maximum Gasteiger partial charge on any atom is 0.273 e. The molecule has 0 saturated carbocycles. The predicted octanol–water partition coefficient (Wildman–Crippen LogP) is 0.423. The zero-order valence-electron chi connectivity index (χ0n) is 9.08. The summed E-state index contributed by atoms with van der Waals surface area (Å²) in [5.41, 5.74) is 2.29. The maximum atomic E-state index is 11.5. The molecule has 0 aliphatic heterocycles. The van der Waals surface area contributed by atoms with Crippen molar-refractivity contribution in [3.05, 3.63) is 57.2 Å². The molecule has 3 rings (SSSR count). The molecule has 0 atom stereocenters. The third kappa shape index (κ3) is 1.69. The number of aromatic amines is 3. The fourth-order valence-corrected chi connectivity index (χ4v) is 1.89. The van der Waals surface area contributed by atoms with Crippen LogP contribution in [0.4, 0.5) is 0 Å². The minimum Gasteiger partial charge on any atom is -0.355 e. The summed E-state index contributed by atoms with van der Waals surface area (Å²) in [6.45, 7) is 3.65. The minimum atomic E-state index is -0.159. The third-order valence-corrected chi connectivity index (χ3v) is 2.65. The highest BCUT2D eigenvalue weighted by Gasteiger charge is 1.98. The number of nitrogens with one attached hydrogen (secondary N) is 3. The van der Waals surface area contributed by atoms with E-state index < -0.39 is 0 Å². The molecule has 0 radical (unpaired) electrons. The van der Waals surface area contributed by atoms with Crippen LogP contribution in [0.1, 0.15) is 5.69 Å². The van der Waals surface area contributed by atoms with Gasteiger partial charge in [-0.15, -0.1) is 0 Å². The van der Waals surface area contributed by atoms with Gasteiger partial charge in [-0.1, -0.05) is 24.8 Å². The highest BCUT2D eigenvalue weighted by molar-refractivity contribution is 5.82. The van der Waals surface area contributed by atoms with Gasteiger partial charge < -0.3 is 15.0 Å². The molecule has 3 aromatic rings. The van der Waals surface area contributed by atoms with Gasteiger partial charge in [0.1, 0.15) is 10.8 Å². The molecule has 0 fully saturated rings. The lowest BCUT2D eigenvalue weighted by molar-refractivity contribution is 1.19. The average molecular weight is 225 g/mol. The van der Waals surface area contributed by atoms with E-state index in [2.05, 4.69) is 21.5 Å². The van der Waals surface area contributed by atoms with Crippen molar-refractivity contribution in [2.75, 3.05) is 0 Å². The Morgan fingerprint density at radius 2 is 1.94 bits per heavy atom. The summed E-state index contributed by atoms with van der Waals surface area (Å²) in [6, 6.07) is 9.97. The van der Waals surface area contributed by atoms with Crippen LogP contribution in [-0.4, -0.2) is 15.0 Å². The van der Waals surface area contributed by atoms with Crippen LogP contribution in [0.3, 0.4) is 0 Å². The van der Waals surface area contributed by atoms with Crippen LogP contribution >= 0.6 is 0 Å². The van der Waals surface area contributed by atoms with Gasteiger partial charge in [-0.3, -0.25) is 4.79 Å². The van der Waals surface area contributed by atoms with E-state index in [0.717, 1.165) is 16.6 Å². The van der Waals surface area contributed by atoms with Crippen molar-refractivity contribution < 1.29 is 0 Å². The quantitative estimate of drug-likeness (QED) is 0.552. The van der Waals surface area contributed by atoms with Crippen molar-refractivity contribution in [3.8, 4) is 0 Å². The van der Waals surface area contributed by atoms with Crippen molar-refractivity contribution in [3.63, 3.8) is 0 Å². The lowest BCUT2D eigenvalue weighted by Crippen LogP contribution is -2.22. The van der Waals surface area contributed by atoms with Gasteiger partial charge >= 0.3 is 0 Å². The van der Waals surface area contributed by atoms with Gasteiger partial charge in [0.2, 0.25) is 0 Å². The Morgan fingerprint density at radius 3 is 2.65 bits per heavy atom. The number of benzene rings is 1. The molecular formula is C13H11N3O. The van der Waals surface area contributed by atoms with Crippen LogP contribution in [0, 0.1) is 0 Å². The van der Waals surface area contributed by atoms with E-state index >= 15 is 0 Å². The molecule has 3 N–H and O–H groups in total. The van der Waals surface area contributed by atoms with E-state index in [1.54, 1.807) is 6.08 Å². The van der Waals surface area contributed by atoms with Crippen LogP contribution in [0.2, 0.25) is 0 Å². The molecule has 0 aliphatic carbocycles. The summed E-state index contributed by atoms with van der Waals surface area (Å²) in [5, 5.41) is 1.62. The lowest BCUT2D eigenvalue weighted by Gasteiger charge is -1.84. The normalized spacial score (nSPS) is 12.4. The van der Waals surface area contributed by atoms with E-state index in [1.165, 1.54) is 0 Å². The fourth-order valence-electron chi connectivity index (χ4n) is 1.89. The molecule has 0 aliphatic rings. The second-order valence-electron chi connectivity index (χ2n) is 3.93. The second kappa shape index (κ2) is 3.52. The van der Waals surface area contributed by atoms with Crippen molar-refractivity contribution >= 4 is 23.6 Å². The van der Waals surface area contributed by atoms with E-state index in [1.807, 2.05) is 30.3 Å². The largest absolute Gasteiger partial charge is 0.355 e. The van der Waals surface area contributed by atoms with Gasteiger partial charge in [-0.25, -0.2) is 0 Å². The first-order valence-corrected chi connectivity index (χ1v) is 5.29. The number of rotatable bonds is 1. The van der Waals surface area contributed by atoms with Crippen LogP contribution < -0.4 is 16.4 Å². The first-order valence-electron chi connectivity index (χ1n) is 5.29. The highest BCUT2D eigenvalue weighted by Crippen LogP contribution is 2.14. The number of aromatic nitrogens is 3. The van der Waals surface area contributed by atoms with Crippen LogP contribution in [-0.2, 0) is 0 Å². The summed E-state index contributed by atoms with van der Waals surface area (Å²) in [6.07, 6.45) is 1.77. The number of hydrogen-bond donors (Lipinski definition) is 3. The Labute approximate surface area is 96.3 Å². The molecule has 2 heterocycles. The molecule has 1 aromatic carbocycles. The SMILES string of the molecule is C=c1[nH]c(=O)/c(=C/c2cc3ccccc3[nH]2)[nH]1. The summed E-state index contributed by atoms with van der Waals surface area (Å²) in [5.74, 6) is 0. The Morgan fingerprint density at radius 1 is 1.12 bits per heavy atom. The first kappa shape index (κ1) is 9.72. The van der Waals surface area contributed by atoms with Gasteiger partial charge in [-0.2, -0.15) is 0 Å². The van der Waals surface area contributed by atoms with E-state index in [-0.39, 0.29) is 5.56 Å². The number of H-pyrrole nitrogens is 3. The molecule has 84 valence electrons. The number of fused-ring (bicyclic) bond motifs is 1. The highest BCUT2D eigenvalue weighted by atomic mass is 16.1. The molecule has 0 unspecified atom stereocenters. The Hall–Kier alpha value is -2.49. The van der Waals surface area contributed by atoms with Gasteiger partial charge in [0.05, 0.1) is 0 Å². The summed E-state index contributed by atoms with van der Waals surface area (Å²) >= 11 is 0. The second-order valence-corrected chi connectivity index (χ2v) is 3.93. The van der Waals surface area contributed by atoms with Crippen molar-refractivity contribution in [2.45, 2.75) is 0 Å². The van der Waals surface area contributed by atoms with Gasteiger partial charge in [0, 0.05) is 11.2 Å². The van der Waals surface area contributed by atoms with Gasteiger partial charge in [0.25, 0.3) is 5.56 Å². The molecular weight excluding hydrogens is 214 g/mol. The van der Waals surface area contributed by atoms with Crippen LogP contribution in [0.25, 0.3) is 23.6 Å². The van der Waals surface area contributed by atoms with Crippen molar-refractivity contribution in [2.24, 2.45) is 0 Å². The molecule has 0 bridgehead atoms. The molecule has 2 aromatic heterocycles. The average Bonchev–Trinajstić information content (AvgIpc) is 2.82. The zero-order valence-corrected chi connectivity index (χ0v) is 9.08. The molecule has 0 saturated heterocycles. The zero-order chi connectivity index (χ0) is 11.8. The number of hydrogen-bond acceptors (Lipinski definition) is 1. The summed E-state index contributed by atoms with van der Waals surface area (Å²) in [7, 11) is 0. The number of imidazole rings is 1. The lowest BCUT2D eigenvalue weighted by atomic mass is 10.2. The standard InChI is InChI=1S/C13H11N3O/c1-8-14-12(13(17)15-8)7-10-6-9-4-2-3-5-11(9)16-10/h2-7,14,16H,1H2,(H,15,17)/b12-7-. The fraction of sp³-hybridized carbons (Fsp3) is 0. The molecule has 4 nitrogen and oxygen atoms in total. The van der Waals surface area contributed by atoms with Crippen molar-refractivity contribution in [1.29, 1.82) is 0 Å².